The normalized spacial score (nSPS) is 17.4. The topological polar surface area (TPSA) is 55.4 Å². The lowest BCUT2D eigenvalue weighted by molar-refractivity contribution is -0.137. The maximum atomic E-state index is 10.9. The second kappa shape index (κ2) is 4.15. The van der Waals surface area contributed by atoms with Crippen LogP contribution in [0.3, 0.4) is 0 Å². The molecule has 1 N–H and O–H groups in total. The van der Waals surface area contributed by atoms with E-state index < -0.39 is 5.97 Å². The highest BCUT2D eigenvalue weighted by atomic mass is 32.2. The molecule has 0 saturated carbocycles. The molecule has 0 aromatic rings. The molecule has 0 saturated heterocycles. The molecule has 0 radical (unpaired) electrons. The van der Waals surface area contributed by atoms with E-state index in [2.05, 4.69) is 10.1 Å². The molecule has 0 aromatic heterocycles. The predicted octanol–water partition coefficient (Wildman–Crippen LogP) is 0.254. The highest BCUT2D eigenvalue weighted by Gasteiger charge is 2.15. The van der Waals surface area contributed by atoms with Crippen LogP contribution in [0.1, 0.15) is 6.42 Å². The van der Waals surface area contributed by atoms with Crippen molar-refractivity contribution in [3.63, 3.8) is 0 Å². The second-order valence-corrected chi connectivity index (χ2v) is 3.17. The first-order chi connectivity index (χ1) is 5.74. The van der Waals surface area contributed by atoms with Gasteiger partial charge in [-0.25, -0.2) is 4.79 Å². The van der Waals surface area contributed by atoms with Crippen molar-refractivity contribution in [2.45, 2.75) is 6.42 Å². The fourth-order valence-corrected chi connectivity index (χ4v) is 1.49. The van der Waals surface area contributed by atoms with Gasteiger partial charge in [-0.2, -0.15) is 0 Å². The Balaban J connectivity index is 2.67. The van der Waals surface area contributed by atoms with Crippen LogP contribution >= 0.6 is 11.8 Å². The molecule has 1 heterocycles. The van der Waals surface area contributed by atoms with Crippen molar-refractivity contribution in [2.24, 2.45) is 0 Å². The number of amides is 1. The van der Waals surface area contributed by atoms with Crippen LogP contribution in [0.4, 0.5) is 0 Å². The number of esters is 1. The van der Waals surface area contributed by atoms with Crippen LogP contribution < -0.4 is 5.32 Å². The number of carbonyl (C=O) groups is 2. The SMILES string of the molecule is COC(=O)C1=CSCCC(=O)N1. The number of thioether (sulfide) groups is 1. The zero-order valence-electron chi connectivity index (χ0n) is 6.62. The van der Waals surface area contributed by atoms with Crippen LogP contribution in [0.5, 0.6) is 0 Å². The number of rotatable bonds is 1. The minimum Gasteiger partial charge on any atom is -0.464 e. The third-order valence-corrected chi connectivity index (χ3v) is 2.17. The summed E-state index contributed by atoms with van der Waals surface area (Å²) in [6.45, 7) is 0. The minimum absolute atomic E-state index is 0.142. The van der Waals surface area contributed by atoms with E-state index in [1.165, 1.54) is 18.9 Å². The molecule has 66 valence electrons. The molecular weight excluding hydrogens is 178 g/mol. The molecule has 1 aliphatic rings. The van der Waals surface area contributed by atoms with Crippen molar-refractivity contribution in [1.82, 2.24) is 5.32 Å². The van der Waals surface area contributed by atoms with E-state index in [9.17, 15) is 9.59 Å². The maximum absolute atomic E-state index is 10.9. The quantitative estimate of drug-likeness (QED) is 0.598. The highest BCUT2D eigenvalue weighted by molar-refractivity contribution is 8.02. The van der Waals surface area contributed by atoms with Gasteiger partial charge in [-0.05, 0) is 0 Å². The molecule has 0 unspecified atom stereocenters. The molecule has 0 fully saturated rings. The molecule has 4 nitrogen and oxygen atoms in total. The fraction of sp³-hybridized carbons (Fsp3) is 0.429. The third kappa shape index (κ3) is 2.27. The average molecular weight is 187 g/mol. The van der Waals surface area contributed by atoms with Gasteiger partial charge in [0.05, 0.1) is 7.11 Å². The maximum Gasteiger partial charge on any atom is 0.355 e. The van der Waals surface area contributed by atoms with Gasteiger partial charge in [0.1, 0.15) is 5.70 Å². The van der Waals surface area contributed by atoms with Crippen LogP contribution in [0.25, 0.3) is 0 Å². The Kier molecular flexibility index (Phi) is 3.16. The van der Waals surface area contributed by atoms with Crippen molar-refractivity contribution in [1.29, 1.82) is 0 Å². The molecule has 0 bridgehead atoms. The fourth-order valence-electron chi connectivity index (χ4n) is 0.745. The molecule has 12 heavy (non-hydrogen) atoms. The number of carbonyl (C=O) groups excluding carboxylic acids is 2. The summed E-state index contributed by atoms with van der Waals surface area (Å²) in [7, 11) is 1.28. The Morgan fingerprint density at radius 3 is 3.17 bits per heavy atom. The van der Waals surface area contributed by atoms with Gasteiger partial charge in [-0.1, -0.05) is 0 Å². The molecule has 0 spiro atoms. The number of hydrogen-bond acceptors (Lipinski definition) is 4. The van der Waals surface area contributed by atoms with E-state index in [1.807, 2.05) is 0 Å². The van der Waals surface area contributed by atoms with E-state index in [4.69, 9.17) is 0 Å². The van der Waals surface area contributed by atoms with Gasteiger partial charge >= 0.3 is 5.97 Å². The minimum atomic E-state index is -0.502. The monoisotopic (exact) mass is 187 g/mol. The van der Waals surface area contributed by atoms with Crippen molar-refractivity contribution < 1.29 is 14.3 Å². The van der Waals surface area contributed by atoms with Crippen LogP contribution in [0.15, 0.2) is 11.1 Å². The Morgan fingerprint density at radius 2 is 2.50 bits per heavy atom. The van der Waals surface area contributed by atoms with Crippen LogP contribution in [-0.2, 0) is 14.3 Å². The number of ether oxygens (including phenoxy) is 1. The Labute approximate surface area is 74.3 Å². The summed E-state index contributed by atoms with van der Waals surface area (Å²) in [5, 5.41) is 4.06. The van der Waals surface area contributed by atoms with Crippen LogP contribution in [-0.4, -0.2) is 24.7 Å². The molecule has 1 aliphatic heterocycles. The summed E-state index contributed by atoms with van der Waals surface area (Å²) >= 11 is 1.43. The summed E-state index contributed by atoms with van der Waals surface area (Å²) in [5.41, 5.74) is 0.227. The lowest BCUT2D eigenvalue weighted by Crippen LogP contribution is -2.26. The first-order valence-corrected chi connectivity index (χ1v) is 4.49. The van der Waals surface area contributed by atoms with Gasteiger partial charge < -0.3 is 10.1 Å². The van der Waals surface area contributed by atoms with Crippen molar-refractivity contribution in [2.75, 3.05) is 12.9 Å². The summed E-state index contributed by atoms with van der Waals surface area (Å²) < 4.78 is 4.46. The van der Waals surface area contributed by atoms with Gasteiger partial charge in [0.15, 0.2) is 0 Å². The zero-order chi connectivity index (χ0) is 8.97. The van der Waals surface area contributed by atoms with Crippen LogP contribution in [0, 0.1) is 0 Å². The standard InChI is InChI=1S/C7H9NO3S/c1-11-7(10)5-4-12-3-2-6(9)8-5/h4H,2-3H2,1H3,(H,8,9). The van der Waals surface area contributed by atoms with Gasteiger partial charge in [-0.3, -0.25) is 4.79 Å². The van der Waals surface area contributed by atoms with Gasteiger partial charge in [-0.15, -0.1) is 11.8 Å². The predicted molar refractivity (Wildman–Crippen MR) is 45.3 cm³/mol. The van der Waals surface area contributed by atoms with Crippen molar-refractivity contribution in [3.8, 4) is 0 Å². The van der Waals surface area contributed by atoms with Gasteiger partial charge in [0, 0.05) is 17.6 Å². The van der Waals surface area contributed by atoms with E-state index in [-0.39, 0.29) is 11.6 Å². The smallest absolute Gasteiger partial charge is 0.355 e. The first-order valence-electron chi connectivity index (χ1n) is 3.44. The Hall–Kier alpha value is -0.970. The van der Waals surface area contributed by atoms with Gasteiger partial charge in [0.2, 0.25) is 5.91 Å². The molecule has 0 aromatic carbocycles. The largest absolute Gasteiger partial charge is 0.464 e. The molecule has 0 aliphatic carbocycles. The number of nitrogens with one attached hydrogen (secondary N) is 1. The first kappa shape index (κ1) is 9.12. The average Bonchev–Trinajstić information content (AvgIpc) is 2.28. The van der Waals surface area contributed by atoms with E-state index in [0.717, 1.165) is 0 Å². The Bertz CT molecular complexity index is 237. The lowest BCUT2D eigenvalue weighted by Gasteiger charge is -2.02. The van der Waals surface area contributed by atoms with Crippen molar-refractivity contribution in [3.05, 3.63) is 11.1 Å². The summed E-state index contributed by atoms with van der Waals surface area (Å²) in [6, 6.07) is 0. The lowest BCUT2D eigenvalue weighted by atomic mass is 10.4. The molecule has 5 heteroatoms. The van der Waals surface area contributed by atoms with E-state index in [1.54, 1.807) is 5.41 Å². The summed E-state index contributed by atoms with van der Waals surface area (Å²) in [5.74, 6) is 0.0566. The second-order valence-electron chi connectivity index (χ2n) is 2.19. The van der Waals surface area contributed by atoms with Crippen LogP contribution in [0.2, 0.25) is 0 Å². The molecule has 1 rings (SSSR count). The van der Waals surface area contributed by atoms with Gasteiger partial charge in [0.25, 0.3) is 0 Å². The summed E-state index contributed by atoms with van der Waals surface area (Å²) in [6.07, 6.45) is 0.432. The number of methoxy groups -OCH3 is 1. The van der Waals surface area contributed by atoms with E-state index in [0.29, 0.717) is 12.2 Å². The van der Waals surface area contributed by atoms with E-state index >= 15 is 0 Å². The zero-order valence-corrected chi connectivity index (χ0v) is 7.44. The highest BCUT2D eigenvalue weighted by Crippen LogP contribution is 2.12. The third-order valence-electron chi connectivity index (χ3n) is 1.33. The molecule has 0 atom stereocenters. The molecule has 1 amide bonds. The Morgan fingerprint density at radius 1 is 1.75 bits per heavy atom. The van der Waals surface area contributed by atoms with Crippen molar-refractivity contribution >= 4 is 23.6 Å². The summed E-state index contributed by atoms with van der Waals surface area (Å²) in [4.78, 5) is 21.9. The molecular formula is C7H9NO3S. The number of hydrogen-bond donors (Lipinski definition) is 1.